The highest BCUT2D eigenvalue weighted by Crippen LogP contribution is 2.27. The summed E-state index contributed by atoms with van der Waals surface area (Å²) in [6, 6.07) is 8.39. The number of halogens is 2. The fraction of sp³-hybridized carbons (Fsp3) is 0.125. The molecule has 0 aliphatic rings. The van der Waals surface area contributed by atoms with E-state index in [4.69, 9.17) is 20.8 Å². The highest BCUT2D eigenvalue weighted by molar-refractivity contribution is 9.10. The lowest BCUT2D eigenvalue weighted by molar-refractivity contribution is -0.134. The Morgan fingerprint density at radius 2 is 2.17 bits per heavy atom. The van der Waals surface area contributed by atoms with Crippen LogP contribution < -0.4 is 10.1 Å². The second-order valence-corrected chi connectivity index (χ2v) is 5.76. The fourth-order valence-electron chi connectivity index (χ4n) is 1.62. The molecule has 0 unspecified atom stereocenters. The standard InChI is InChI=1S/C16H13BrClNO4/c17-11-3-5-14(13(18)10-11)23-16(21)7-8-19-15(20)6-4-12-2-1-9-22-12/h1-6,9-10H,7-8H2,(H,19,20)/b6-4+. The molecule has 1 heterocycles. The lowest BCUT2D eigenvalue weighted by Crippen LogP contribution is -2.25. The van der Waals surface area contributed by atoms with E-state index in [0.29, 0.717) is 10.8 Å². The maximum Gasteiger partial charge on any atom is 0.313 e. The molecule has 0 saturated heterocycles. The molecule has 0 fully saturated rings. The monoisotopic (exact) mass is 397 g/mol. The highest BCUT2D eigenvalue weighted by atomic mass is 79.9. The first-order chi connectivity index (χ1) is 11.0. The summed E-state index contributed by atoms with van der Waals surface area (Å²) in [7, 11) is 0. The predicted molar refractivity (Wildman–Crippen MR) is 90.2 cm³/mol. The van der Waals surface area contributed by atoms with Gasteiger partial charge in [-0.2, -0.15) is 0 Å². The maximum atomic E-state index is 11.7. The molecule has 1 N–H and O–H groups in total. The molecule has 5 nitrogen and oxygen atoms in total. The first-order valence-electron chi connectivity index (χ1n) is 6.70. The molecule has 1 amide bonds. The van der Waals surface area contributed by atoms with E-state index in [-0.39, 0.29) is 24.6 Å². The van der Waals surface area contributed by atoms with Gasteiger partial charge in [-0.25, -0.2) is 0 Å². The third kappa shape index (κ3) is 5.92. The van der Waals surface area contributed by atoms with Crippen LogP contribution in [0.3, 0.4) is 0 Å². The molecule has 0 atom stereocenters. The molecule has 0 aliphatic heterocycles. The first-order valence-corrected chi connectivity index (χ1v) is 7.87. The van der Waals surface area contributed by atoms with Crippen LogP contribution in [-0.4, -0.2) is 18.4 Å². The minimum Gasteiger partial charge on any atom is -0.465 e. The van der Waals surface area contributed by atoms with Crippen molar-refractivity contribution in [3.05, 3.63) is 57.9 Å². The van der Waals surface area contributed by atoms with E-state index in [1.807, 2.05) is 0 Å². The van der Waals surface area contributed by atoms with Crippen LogP contribution >= 0.6 is 27.5 Å². The largest absolute Gasteiger partial charge is 0.465 e. The van der Waals surface area contributed by atoms with Gasteiger partial charge in [0.05, 0.1) is 17.7 Å². The number of rotatable bonds is 6. The molecular weight excluding hydrogens is 386 g/mol. The van der Waals surface area contributed by atoms with Crippen molar-refractivity contribution in [2.24, 2.45) is 0 Å². The smallest absolute Gasteiger partial charge is 0.313 e. The first kappa shape index (κ1) is 17.3. The minimum absolute atomic E-state index is 0.0344. The van der Waals surface area contributed by atoms with Gasteiger partial charge in [0.15, 0.2) is 0 Å². The average Bonchev–Trinajstić information content (AvgIpc) is 3.01. The Labute approximate surface area is 146 Å². The highest BCUT2D eigenvalue weighted by Gasteiger charge is 2.09. The van der Waals surface area contributed by atoms with Crippen molar-refractivity contribution in [1.29, 1.82) is 0 Å². The van der Waals surface area contributed by atoms with Gasteiger partial charge in [-0.05, 0) is 36.4 Å². The Balaban J connectivity index is 1.73. The zero-order valence-electron chi connectivity index (χ0n) is 11.9. The van der Waals surface area contributed by atoms with E-state index in [1.165, 1.54) is 18.4 Å². The Bertz CT molecular complexity index is 713. The molecule has 2 rings (SSSR count). The molecule has 0 aliphatic carbocycles. The molecule has 0 radical (unpaired) electrons. The third-order valence-corrected chi connectivity index (χ3v) is 3.48. The minimum atomic E-state index is -0.482. The summed E-state index contributed by atoms with van der Waals surface area (Å²) in [5.74, 6) is 0.0498. The van der Waals surface area contributed by atoms with E-state index in [0.717, 1.165) is 4.47 Å². The molecular formula is C16H13BrClNO4. The van der Waals surface area contributed by atoms with E-state index >= 15 is 0 Å². The third-order valence-electron chi connectivity index (χ3n) is 2.69. The Morgan fingerprint density at radius 3 is 2.87 bits per heavy atom. The topological polar surface area (TPSA) is 68.5 Å². The summed E-state index contributed by atoms with van der Waals surface area (Å²) in [5.41, 5.74) is 0. The van der Waals surface area contributed by atoms with Gasteiger partial charge in [0.1, 0.15) is 11.5 Å². The quantitative estimate of drug-likeness (QED) is 0.456. The molecule has 7 heteroatoms. The zero-order valence-corrected chi connectivity index (χ0v) is 14.3. The van der Waals surface area contributed by atoms with Gasteiger partial charge < -0.3 is 14.5 Å². The SMILES string of the molecule is O=C(/C=C/c1ccco1)NCCC(=O)Oc1ccc(Br)cc1Cl. The summed E-state index contributed by atoms with van der Waals surface area (Å²) in [4.78, 5) is 23.3. The van der Waals surface area contributed by atoms with Crippen molar-refractivity contribution in [2.45, 2.75) is 6.42 Å². The second kappa shape index (κ2) is 8.55. The number of carbonyl (C=O) groups excluding carboxylic acids is 2. The lowest BCUT2D eigenvalue weighted by atomic mass is 10.3. The van der Waals surface area contributed by atoms with Crippen molar-refractivity contribution in [3.63, 3.8) is 0 Å². The van der Waals surface area contributed by atoms with Crippen LogP contribution in [0.2, 0.25) is 5.02 Å². The van der Waals surface area contributed by atoms with Gasteiger partial charge in [0.25, 0.3) is 0 Å². The number of hydrogen-bond acceptors (Lipinski definition) is 4. The molecule has 0 spiro atoms. The van der Waals surface area contributed by atoms with E-state index in [2.05, 4.69) is 21.2 Å². The summed E-state index contributed by atoms with van der Waals surface area (Å²) >= 11 is 9.22. The van der Waals surface area contributed by atoms with Crippen LogP contribution in [0.5, 0.6) is 5.75 Å². The number of hydrogen-bond donors (Lipinski definition) is 1. The Morgan fingerprint density at radius 1 is 1.35 bits per heavy atom. The molecule has 120 valence electrons. The fourth-order valence-corrected chi connectivity index (χ4v) is 2.33. The maximum absolute atomic E-state index is 11.7. The molecule has 1 aromatic carbocycles. The van der Waals surface area contributed by atoms with Crippen LogP contribution in [0.1, 0.15) is 12.2 Å². The van der Waals surface area contributed by atoms with Crippen molar-refractivity contribution >= 4 is 45.5 Å². The number of ether oxygens (including phenoxy) is 1. The van der Waals surface area contributed by atoms with Crippen LogP contribution in [0.25, 0.3) is 6.08 Å². The molecule has 0 saturated carbocycles. The lowest BCUT2D eigenvalue weighted by Gasteiger charge is -2.06. The molecule has 0 bridgehead atoms. The van der Waals surface area contributed by atoms with E-state index in [1.54, 1.807) is 30.3 Å². The van der Waals surface area contributed by atoms with Gasteiger partial charge in [-0.3, -0.25) is 9.59 Å². The van der Waals surface area contributed by atoms with Crippen LogP contribution in [0.15, 0.2) is 51.6 Å². The molecule has 1 aromatic heterocycles. The van der Waals surface area contributed by atoms with Gasteiger partial charge >= 0.3 is 5.97 Å². The van der Waals surface area contributed by atoms with Crippen molar-refractivity contribution < 1.29 is 18.7 Å². The van der Waals surface area contributed by atoms with Crippen molar-refractivity contribution in [2.75, 3.05) is 6.54 Å². The Hall–Kier alpha value is -2.05. The zero-order chi connectivity index (χ0) is 16.7. The van der Waals surface area contributed by atoms with Gasteiger partial charge in [-0.15, -0.1) is 0 Å². The number of amides is 1. The van der Waals surface area contributed by atoms with Gasteiger partial charge in [-0.1, -0.05) is 27.5 Å². The number of esters is 1. The average molecular weight is 399 g/mol. The van der Waals surface area contributed by atoms with Gasteiger partial charge in [0, 0.05) is 17.1 Å². The van der Waals surface area contributed by atoms with Crippen molar-refractivity contribution in [3.8, 4) is 5.75 Å². The Kier molecular flexibility index (Phi) is 6.43. The second-order valence-electron chi connectivity index (χ2n) is 4.44. The van der Waals surface area contributed by atoms with Crippen LogP contribution in [-0.2, 0) is 9.59 Å². The summed E-state index contributed by atoms with van der Waals surface area (Å²) in [6.45, 7) is 0.161. The number of nitrogens with one attached hydrogen (secondary N) is 1. The van der Waals surface area contributed by atoms with Crippen molar-refractivity contribution in [1.82, 2.24) is 5.32 Å². The normalized spacial score (nSPS) is 10.7. The van der Waals surface area contributed by atoms with Crippen LogP contribution in [0.4, 0.5) is 0 Å². The molecule has 2 aromatic rings. The number of carbonyl (C=O) groups is 2. The van der Waals surface area contributed by atoms with E-state index < -0.39 is 5.97 Å². The van der Waals surface area contributed by atoms with Crippen LogP contribution in [0, 0.1) is 0 Å². The van der Waals surface area contributed by atoms with Gasteiger partial charge in [0.2, 0.25) is 5.91 Å². The number of furan rings is 1. The molecule has 23 heavy (non-hydrogen) atoms. The number of benzene rings is 1. The predicted octanol–water partition coefficient (Wildman–Crippen LogP) is 3.82. The van der Waals surface area contributed by atoms with E-state index in [9.17, 15) is 9.59 Å². The summed E-state index contributed by atoms with van der Waals surface area (Å²) in [6.07, 6.45) is 4.42. The summed E-state index contributed by atoms with van der Waals surface area (Å²) < 4.78 is 11.0. The summed E-state index contributed by atoms with van der Waals surface area (Å²) in [5, 5.41) is 2.91.